The number of hydrogen-bond donors (Lipinski definition) is 1. The Hall–Kier alpha value is -0.440. The minimum Gasteiger partial charge on any atom is -1.00 e. The highest BCUT2D eigenvalue weighted by Gasteiger charge is 2.13. The van der Waals surface area contributed by atoms with Crippen LogP contribution in [0, 0.1) is 0 Å². The smallest absolute Gasteiger partial charge is 0.262 e. The number of nitrogens with zero attached hydrogens (tertiary/aromatic N) is 1. The van der Waals surface area contributed by atoms with Crippen LogP contribution in [0.5, 0.6) is 5.75 Å². The molecule has 0 spiro atoms. The normalized spacial score (nSPS) is 11.0. The molecule has 0 fully saturated rings. The first-order chi connectivity index (χ1) is 10.1. The van der Waals surface area contributed by atoms with Crippen molar-refractivity contribution in [1.29, 1.82) is 0 Å². The maximum atomic E-state index is 9.74. The highest BCUT2D eigenvalue weighted by molar-refractivity contribution is 9.11. The molecule has 0 aliphatic rings. The van der Waals surface area contributed by atoms with Gasteiger partial charge in [-0.3, -0.25) is 0 Å². The van der Waals surface area contributed by atoms with Gasteiger partial charge in [-0.2, -0.15) is 4.57 Å². The summed E-state index contributed by atoms with van der Waals surface area (Å²) in [6, 6.07) is 12.1. The number of phenolic OH excluding ortho intramolecular Hbond substituents is 1. The Kier molecular flexibility index (Phi) is 6.04. The minimum absolute atomic E-state index is 0. The molecule has 1 aromatic heterocycles. The highest BCUT2D eigenvalue weighted by atomic mass is 127. The van der Waals surface area contributed by atoms with Gasteiger partial charge in [0.1, 0.15) is 17.5 Å². The van der Waals surface area contributed by atoms with E-state index in [1.807, 2.05) is 18.2 Å². The Morgan fingerprint density at radius 2 is 1.73 bits per heavy atom. The van der Waals surface area contributed by atoms with E-state index in [9.17, 15) is 5.11 Å². The molecule has 0 saturated carbocycles. The first-order valence-corrected chi connectivity index (χ1v) is 8.70. The fourth-order valence-corrected chi connectivity index (χ4v) is 4.39. The van der Waals surface area contributed by atoms with Gasteiger partial charge in [-0.15, -0.1) is 0 Å². The summed E-state index contributed by atoms with van der Waals surface area (Å²) in [6.45, 7) is 0. The van der Waals surface area contributed by atoms with Gasteiger partial charge in [0, 0.05) is 12.1 Å². The molecular formula is C16H12Br2INOS. The number of hydrogen-bond acceptors (Lipinski definition) is 2. The van der Waals surface area contributed by atoms with E-state index >= 15 is 0 Å². The molecule has 6 heteroatoms. The topological polar surface area (TPSA) is 24.1 Å². The number of phenols is 1. The molecule has 22 heavy (non-hydrogen) atoms. The van der Waals surface area contributed by atoms with E-state index in [1.54, 1.807) is 11.3 Å². The second-order valence-corrected chi connectivity index (χ2v) is 7.40. The average Bonchev–Trinajstić information content (AvgIpc) is 2.79. The molecule has 0 amide bonds. The fraction of sp³-hybridized carbons (Fsp3) is 0.0625. The highest BCUT2D eigenvalue weighted by Crippen LogP contribution is 2.34. The minimum atomic E-state index is 0. The quantitative estimate of drug-likeness (QED) is 0.382. The molecule has 0 aliphatic carbocycles. The first-order valence-electron chi connectivity index (χ1n) is 6.30. The third-order valence-corrected chi connectivity index (χ3v) is 5.62. The number of benzene rings is 2. The third-order valence-electron chi connectivity index (χ3n) is 3.23. The molecule has 0 unspecified atom stereocenters. The molecule has 1 N–H and O–H groups in total. The van der Waals surface area contributed by atoms with Gasteiger partial charge >= 0.3 is 0 Å². The lowest BCUT2D eigenvalue weighted by Gasteiger charge is -2.01. The lowest BCUT2D eigenvalue weighted by Crippen LogP contribution is -3.00. The van der Waals surface area contributed by atoms with Crippen LogP contribution in [0.1, 0.15) is 10.6 Å². The van der Waals surface area contributed by atoms with Gasteiger partial charge in [0.25, 0.3) is 5.01 Å². The van der Waals surface area contributed by atoms with Crippen molar-refractivity contribution < 1.29 is 33.7 Å². The van der Waals surface area contributed by atoms with E-state index in [0.717, 1.165) is 5.56 Å². The summed E-state index contributed by atoms with van der Waals surface area (Å²) in [5, 5.41) is 10.9. The maximum Gasteiger partial charge on any atom is 0.262 e. The van der Waals surface area contributed by atoms with Gasteiger partial charge in [-0.25, -0.2) is 0 Å². The van der Waals surface area contributed by atoms with Crippen molar-refractivity contribution in [3.63, 3.8) is 0 Å². The third kappa shape index (κ3) is 3.55. The average molecular weight is 553 g/mol. The summed E-state index contributed by atoms with van der Waals surface area (Å²) in [5.41, 5.74) is 2.25. The maximum absolute atomic E-state index is 9.74. The van der Waals surface area contributed by atoms with E-state index in [-0.39, 0.29) is 29.7 Å². The number of aryl methyl sites for hydroxylation is 1. The van der Waals surface area contributed by atoms with E-state index in [4.69, 9.17) is 0 Å². The zero-order valence-corrected chi connectivity index (χ0v) is 17.7. The number of aromatic nitrogens is 1. The Morgan fingerprint density at radius 1 is 1.09 bits per heavy atom. The number of fused-ring (bicyclic) bond motifs is 1. The Labute approximate surface area is 166 Å². The summed E-state index contributed by atoms with van der Waals surface area (Å²) in [4.78, 5) is 0. The van der Waals surface area contributed by atoms with Crippen molar-refractivity contribution in [2.45, 2.75) is 0 Å². The SMILES string of the molecule is C[n+]1c(/C=C/c2cc(Br)c(O)c(Br)c2)sc2ccccc21.[I-]. The van der Waals surface area contributed by atoms with Crippen LogP contribution in [-0.2, 0) is 7.05 Å². The Balaban J connectivity index is 0.00000176. The number of rotatable bonds is 2. The molecule has 3 rings (SSSR count). The molecule has 3 aromatic rings. The zero-order chi connectivity index (χ0) is 15.0. The summed E-state index contributed by atoms with van der Waals surface area (Å²) in [5.74, 6) is 0.222. The lowest BCUT2D eigenvalue weighted by atomic mass is 10.2. The number of para-hydroxylation sites is 1. The van der Waals surface area contributed by atoms with E-state index in [2.05, 4.69) is 73.8 Å². The van der Waals surface area contributed by atoms with Crippen LogP contribution < -0.4 is 28.5 Å². The molecular weight excluding hydrogens is 541 g/mol. The van der Waals surface area contributed by atoms with Gasteiger partial charge in [0.05, 0.1) is 8.95 Å². The lowest BCUT2D eigenvalue weighted by molar-refractivity contribution is -0.642. The molecule has 1 heterocycles. The molecule has 114 valence electrons. The fourth-order valence-electron chi connectivity index (χ4n) is 2.12. The van der Waals surface area contributed by atoms with Crippen LogP contribution >= 0.6 is 43.2 Å². The first kappa shape index (κ1) is 17.9. The van der Waals surface area contributed by atoms with Crippen molar-refractivity contribution in [3.05, 3.63) is 55.9 Å². The van der Waals surface area contributed by atoms with Gasteiger partial charge in [0.2, 0.25) is 5.52 Å². The van der Waals surface area contributed by atoms with Crippen LogP contribution in [0.15, 0.2) is 45.3 Å². The van der Waals surface area contributed by atoms with Crippen molar-refractivity contribution >= 4 is 65.6 Å². The molecule has 0 atom stereocenters. The second-order valence-electron chi connectivity index (χ2n) is 4.63. The predicted octanol–water partition coefficient (Wildman–Crippen LogP) is 2.13. The predicted molar refractivity (Wildman–Crippen MR) is 95.4 cm³/mol. The molecule has 0 saturated heterocycles. The summed E-state index contributed by atoms with van der Waals surface area (Å²) in [6.07, 6.45) is 4.13. The van der Waals surface area contributed by atoms with Gasteiger partial charge < -0.3 is 29.1 Å². The summed E-state index contributed by atoms with van der Waals surface area (Å²) >= 11 is 8.46. The van der Waals surface area contributed by atoms with Crippen molar-refractivity contribution in [3.8, 4) is 5.75 Å². The van der Waals surface area contributed by atoms with E-state index in [0.29, 0.717) is 8.95 Å². The van der Waals surface area contributed by atoms with Gasteiger partial charge in [-0.05, 0) is 61.7 Å². The molecule has 2 nitrogen and oxygen atoms in total. The molecule has 0 aliphatic heterocycles. The standard InChI is InChI=1S/C16H11Br2NOS.HI/c1-19-13-4-2-3-5-14(13)21-15(19)7-6-10-8-11(17)16(20)12(18)9-10;/h2-9H,1H3;1H. The second kappa shape index (κ2) is 7.42. The number of halogens is 3. The van der Waals surface area contributed by atoms with Gasteiger partial charge in [-0.1, -0.05) is 23.5 Å². The molecule has 0 radical (unpaired) electrons. The zero-order valence-electron chi connectivity index (χ0n) is 11.6. The van der Waals surface area contributed by atoms with Crippen molar-refractivity contribution in [1.82, 2.24) is 0 Å². The van der Waals surface area contributed by atoms with Gasteiger partial charge in [0.15, 0.2) is 0 Å². The Morgan fingerprint density at radius 3 is 2.36 bits per heavy atom. The molecule has 2 aromatic carbocycles. The summed E-state index contributed by atoms with van der Waals surface area (Å²) < 4.78 is 4.81. The van der Waals surface area contributed by atoms with Crippen LogP contribution in [0.25, 0.3) is 22.4 Å². The van der Waals surface area contributed by atoms with Crippen LogP contribution in [0.4, 0.5) is 0 Å². The van der Waals surface area contributed by atoms with Crippen molar-refractivity contribution in [2.24, 2.45) is 7.05 Å². The largest absolute Gasteiger partial charge is 1.00 e. The number of thiazole rings is 1. The van der Waals surface area contributed by atoms with Crippen LogP contribution in [0.2, 0.25) is 0 Å². The summed E-state index contributed by atoms with van der Waals surface area (Å²) in [7, 11) is 2.07. The number of aromatic hydroxyl groups is 1. The van der Waals surface area contributed by atoms with Crippen LogP contribution in [0.3, 0.4) is 0 Å². The van der Waals surface area contributed by atoms with Crippen molar-refractivity contribution in [2.75, 3.05) is 0 Å². The monoisotopic (exact) mass is 551 g/mol. The van der Waals surface area contributed by atoms with E-state index < -0.39 is 0 Å². The Bertz CT molecular complexity index is 837. The molecule has 0 bridgehead atoms. The van der Waals surface area contributed by atoms with E-state index in [1.165, 1.54) is 15.2 Å². The van der Waals surface area contributed by atoms with Crippen LogP contribution in [-0.4, -0.2) is 5.11 Å².